The average molecular weight is 392 g/mol. The zero-order valence-corrected chi connectivity index (χ0v) is 16.8. The maximum Gasteiger partial charge on any atom is 0.274 e. The highest BCUT2D eigenvalue weighted by Crippen LogP contribution is 2.30. The van der Waals surface area contributed by atoms with Gasteiger partial charge >= 0.3 is 0 Å². The van der Waals surface area contributed by atoms with E-state index in [-0.39, 0.29) is 23.9 Å². The SMILES string of the molecule is COc1cc(C)c(C)cc1S(=O)(=O)N1CCN(C(=O)c2cc(C)[nH]n2)CC1. The van der Waals surface area contributed by atoms with Gasteiger partial charge in [-0.1, -0.05) is 0 Å². The molecule has 1 aliphatic rings. The number of H-pyrrole nitrogens is 1. The Morgan fingerprint density at radius 3 is 2.26 bits per heavy atom. The first-order valence-corrected chi connectivity index (χ1v) is 10.1. The lowest BCUT2D eigenvalue weighted by Gasteiger charge is -2.34. The summed E-state index contributed by atoms with van der Waals surface area (Å²) in [5, 5.41) is 6.73. The normalized spacial score (nSPS) is 15.8. The number of hydrogen-bond acceptors (Lipinski definition) is 5. The number of amides is 1. The number of carbonyl (C=O) groups is 1. The molecule has 27 heavy (non-hydrogen) atoms. The Morgan fingerprint density at radius 2 is 1.70 bits per heavy atom. The van der Waals surface area contributed by atoms with Crippen molar-refractivity contribution in [3.05, 3.63) is 40.7 Å². The van der Waals surface area contributed by atoms with Crippen LogP contribution in [0, 0.1) is 20.8 Å². The molecule has 1 N–H and O–H groups in total. The summed E-state index contributed by atoms with van der Waals surface area (Å²) >= 11 is 0. The third kappa shape index (κ3) is 3.70. The van der Waals surface area contributed by atoms with Crippen molar-refractivity contribution >= 4 is 15.9 Å². The fourth-order valence-corrected chi connectivity index (χ4v) is 4.73. The van der Waals surface area contributed by atoms with Crippen LogP contribution in [-0.4, -0.2) is 67.0 Å². The molecule has 9 heteroatoms. The second kappa shape index (κ2) is 7.32. The van der Waals surface area contributed by atoms with E-state index in [0.717, 1.165) is 16.8 Å². The van der Waals surface area contributed by atoms with Crippen molar-refractivity contribution in [1.82, 2.24) is 19.4 Å². The molecule has 3 rings (SSSR count). The van der Waals surface area contributed by atoms with E-state index in [9.17, 15) is 13.2 Å². The Hall–Kier alpha value is -2.39. The van der Waals surface area contributed by atoms with Gasteiger partial charge in [0.25, 0.3) is 5.91 Å². The Kier molecular flexibility index (Phi) is 5.25. The highest BCUT2D eigenvalue weighted by atomic mass is 32.2. The van der Waals surface area contributed by atoms with Crippen LogP contribution in [0.3, 0.4) is 0 Å². The van der Waals surface area contributed by atoms with E-state index in [1.165, 1.54) is 11.4 Å². The monoisotopic (exact) mass is 392 g/mol. The summed E-state index contributed by atoms with van der Waals surface area (Å²) in [5.74, 6) is 0.142. The number of methoxy groups -OCH3 is 1. The number of aromatic nitrogens is 2. The van der Waals surface area contributed by atoms with E-state index in [2.05, 4.69) is 10.2 Å². The average Bonchev–Trinajstić information content (AvgIpc) is 3.09. The van der Waals surface area contributed by atoms with Crippen molar-refractivity contribution in [2.45, 2.75) is 25.7 Å². The van der Waals surface area contributed by atoms with E-state index in [4.69, 9.17) is 4.74 Å². The second-order valence-corrected chi connectivity index (χ2v) is 8.63. The van der Waals surface area contributed by atoms with Crippen molar-refractivity contribution in [2.24, 2.45) is 0 Å². The highest BCUT2D eigenvalue weighted by molar-refractivity contribution is 7.89. The first-order valence-electron chi connectivity index (χ1n) is 8.70. The number of nitrogens with zero attached hydrogens (tertiary/aromatic N) is 3. The number of carbonyl (C=O) groups excluding carboxylic acids is 1. The third-order valence-corrected chi connectivity index (χ3v) is 6.77. The minimum absolute atomic E-state index is 0.163. The number of hydrogen-bond donors (Lipinski definition) is 1. The largest absolute Gasteiger partial charge is 0.495 e. The Balaban J connectivity index is 1.77. The van der Waals surface area contributed by atoms with Crippen molar-refractivity contribution in [1.29, 1.82) is 0 Å². The zero-order chi connectivity index (χ0) is 19.8. The summed E-state index contributed by atoms with van der Waals surface area (Å²) in [6, 6.07) is 5.07. The minimum atomic E-state index is -3.71. The van der Waals surface area contributed by atoms with Gasteiger partial charge in [-0.2, -0.15) is 9.40 Å². The van der Waals surface area contributed by atoms with Crippen LogP contribution < -0.4 is 4.74 Å². The maximum atomic E-state index is 13.1. The smallest absolute Gasteiger partial charge is 0.274 e. The van der Waals surface area contributed by atoms with Crippen molar-refractivity contribution < 1.29 is 17.9 Å². The topological polar surface area (TPSA) is 95.6 Å². The number of rotatable bonds is 4. The van der Waals surface area contributed by atoms with Crippen molar-refractivity contribution in [2.75, 3.05) is 33.3 Å². The Labute approximate surface area is 159 Å². The number of nitrogens with one attached hydrogen (secondary N) is 1. The van der Waals surface area contributed by atoms with Gasteiger partial charge in [-0.05, 0) is 50.1 Å². The molecule has 0 atom stereocenters. The van der Waals surface area contributed by atoms with E-state index in [0.29, 0.717) is 24.5 Å². The minimum Gasteiger partial charge on any atom is -0.495 e. The molecule has 2 heterocycles. The summed E-state index contributed by atoms with van der Waals surface area (Å²) in [5.41, 5.74) is 3.01. The third-order valence-electron chi connectivity index (χ3n) is 4.85. The molecule has 1 saturated heterocycles. The first-order chi connectivity index (χ1) is 12.7. The van der Waals surface area contributed by atoms with E-state index in [1.54, 1.807) is 23.1 Å². The number of ether oxygens (including phenoxy) is 1. The molecule has 0 aliphatic carbocycles. The van der Waals surface area contributed by atoms with Crippen LogP contribution in [0.2, 0.25) is 0 Å². The van der Waals surface area contributed by atoms with Crippen molar-refractivity contribution in [3.8, 4) is 5.75 Å². The van der Waals surface area contributed by atoms with Crippen LogP contribution in [0.25, 0.3) is 0 Å². The number of sulfonamides is 1. The summed E-state index contributed by atoms with van der Waals surface area (Å²) in [7, 11) is -2.24. The predicted molar refractivity (Wildman–Crippen MR) is 100 cm³/mol. The van der Waals surface area contributed by atoms with Gasteiger partial charge in [-0.3, -0.25) is 9.89 Å². The molecule has 8 nitrogen and oxygen atoms in total. The molecule has 1 aromatic carbocycles. The first kappa shape index (κ1) is 19.4. The highest BCUT2D eigenvalue weighted by Gasteiger charge is 2.33. The summed E-state index contributed by atoms with van der Waals surface area (Å²) < 4.78 is 32.9. The van der Waals surface area contributed by atoms with Gasteiger partial charge in [0.05, 0.1) is 7.11 Å². The lowest BCUT2D eigenvalue weighted by molar-refractivity contribution is 0.0692. The lowest BCUT2D eigenvalue weighted by Crippen LogP contribution is -2.50. The van der Waals surface area contributed by atoms with Gasteiger partial charge in [0.2, 0.25) is 10.0 Å². The van der Waals surface area contributed by atoms with Gasteiger partial charge in [-0.25, -0.2) is 8.42 Å². The van der Waals surface area contributed by atoms with Gasteiger partial charge < -0.3 is 9.64 Å². The molecule has 1 amide bonds. The Morgan fingerprint density at radius 1 is 1.07 bits per heavy atom. The van der Waals surface area contributed by atoms with Crippen LogP contribution in [-0.2, 0) is 10.0 Å². The maximum absolute atomic E-state index is 13.1. The molecule has 1 aromatic heterocycles. The molecule has 146 valence electrons. The van der Waals surface area contributed by atoms with Crippen LogP contribution in [0.15, 0.2) is 23.1 Å². The number of aryl methyl sites for hydroxylation is 3. The fraction of sp³-hybridized carbons (Fsp3) is 0.444. The van der Waals surface area contributed by atoms with Crippen molar-refractivity contribution in [3.63, 3.8) is 0 Å². The number of piperazine rings is 1. The second-order valence-electron chi connectivity index (χ2n) is 6.72. The molecule has 0 spiro atoms. The summed E-state index contributed by atoms with van der Waals surface area (Å²) in [4.78, 5) is 14.3. The van der Waals surface area contributed by atoms with Gasteiger partial charge in [0.15, 0.2) is 0 Å². The zero-order valence-electron chi connectivity index (χ0n) is 15.9. The van der Waals surface area contributed by atoms with E-state index < -0.39 is 10.0 Å². The van der Waals surface area contributed by atoms with Gasteiger partial charge in [0, 0.05) is 31.9 Å². The molecule has 1 fully saturated rings. The molecule has 2 aromatic rings. The van der Waals surface area contributed by atoms with E-state index >= 15 is 0 Å². The Bertz CT molecular complexity index is 960. The number of benzene rings is 1. The van der Waals surface area contributed by atoms with Crippen LogP contribution >= 0.6 is 0 Å². The van der Waals surface area contributed by atoms with Gasteiger partial charge in [0.1, 0.15) is 16.3 Å². The molecular weight excluding hydrogens is 368 g/mol. The molecule has 1 aliphatic heterocycles. The molecule has 0 saturated carbocycles. The standard InChI is InChI=1S/C18H24N4O4S/c1-12-9-16(26-4)17(10-13(12)2)27(24,25)22-7-5-21(6-8-22)18(23)15-11-14(3)19-20-15/h9-11H,5-8H2,1-4H3,(H,19,20). The molecule has 0 bridgehead atoms. The quantitative estimate of drug-likeness (QED) is 0.851. The molecular formula is C18H24N4O4S. The van der Waals surface area contributed by atoms with Crippen LogP contribution in [0.5, 0.6) is 5.75 Å². The lowest BCUT2D eigenvalue weighted by atomic mass is 10.1. The fourth-order valence-electron chi connectivity index (χ4n) is 3.08. The van der Waals surface area contributed by atoms with Crippen LogP contribution in [0.4, 0.5) is 0 Å². The van der Waals surface area contributed by atoms with E-state index in [1.807, 2.05) is 20.8 Å². The molecule has 0 radical (unpaired) electrons. The number of aromatic amines is 1. The van der Waals surface area contributed by atoms with Crippen LogP contribution in [0.1, 0.15) is 27.3 Å². The summed E-state index contributed by atoms with van der Waals surface area (Å²) in [6.45, 7) is 6.70. The summed E-state index contributed by atoms with van der Waals surface area (Å²) in [6.07, 6.45) is 0. The van der Waals surface area contributed by atoms with Gasteiger partial charge in [-0.15, -0.1) is 0 Å². The predicted octanol–water partition coefficient (Wildman–Crippen LogP) is 1.49. The molecule has 0 unspecified atom stereocenters.